The number of nitrogens with zero attached hydrogens (tertiary/aromatic N) is 1. The molecule has 3 heteroatoms. The lowest BCUT2D eigenvalue weighted by Gasteiger charge is -2.39. The highest BCUT2D eigenvalue weighted by atomic mass is 16.5. The molecule has 0 aliphatic carbocycles. The lowest BCUT2D eigenvalue weighted by atomic mass is 9.82. The summed E-state index contributed by atoms with van der Waals surface area (Å²) >= 11 is 0. The summed E-state index contributed by atoms with van der Waals surface area (Å²) in [4.78, 5) is 2.46. The van der Waals surface area contributed by atoms with Crippen molar-refractivity contribution in [1.29, 1.82) is 0 Å². The fourth-order valence-electron chi connectivity index (χ4n) is 4.66. The molecule has 2 aromatic rings. The van der Waals surface area contributed by atoms with E-state index in [9.17, 15) is 0 Å². The van der Waals surface area contributed by atoms with Gasteiger partial charge in [0.2, 0.25) is 0 Å². The smallest absolute Gasteiger partial charge is 0.121 e. The summed E-state index contributed by atoms with van der Waals surface area (Å²) in [5.41, 5.74) is 9.18. The Morgan fingerprint density at radius 3 is 1.97 bits per heavy atom. The van der Waals surface area contributed by atoms with E-state index in [1.54, 1.807) is 14.2 Å². The number of ether oxygens (including phenoxy) is 2. The van der Waals surface area contributed by atoms with Crippen LogP contribution in [0.4, 0.5) is 5.69 Å². The van der Waals surface area contributed by atoms with Crippen molar-refractivity contribution >= 4 is 11.3 Å². The van der Waals surface area contributed by atoms with Gasteiger partial charge in [-0.05, 0) is 96.9 Å². The number of allylic oxidation sites excluding steroid dienone is 2. The number of hydrogen-bond acceptors (Lipinski definition) is 3. The first-order chi connectivity index (χ1) is 14.5. The Labute approximate surface area is 182 Å². The Balaban J connectivity index is 2.17. The van der Waals surface area contributed by atoms with E-state index < -0.39 is 0 Å². The lowest BCUT2D eigenvalue weighted by molar-refractivity contribution is 0.411. The van der Waals surface area contributed by atoms with Crippen LogP contribution in [-0.4, -0.2) is 20.3 Å². The van der Waals surface area contributed by atoms with E-state index in [0.29, 0.717) is 0 Å². The molecule has 3 nitrogen and oxygen atoms in total. The van der Waals surface area contributed by atoms with Gasteiger partial charge in [-0.3, -0.25) is 0 Å². The van der Waals surface area contributed by atoms with Gasteiger partial charge in [0.1, 0.15) is 11.5 Å². The van der Waals surface area contributed by atoms with Gasteiger partial charge < -0.3 is 14.4 Å². The van der Waals surface area contributed by atoms with E-state index in [-0.39, 0.29) is 6.04 Å². The maximum atomic E-state index is 5.51. The highest BCUT2D eigenvalue weighted by molar-refractivity contribution is 5.82. The van der Waals surface area contributed by atoms with Crippen molar-refractivity contribution < 1.29 is 9.47 Å². The molecule has 0 radical (unpaired) electrons. The molecular weight excluding hydrogens is 370 g/mol. The number of methoxy groups -OCH3 is 2. The fourth-order valence-corrected chi connectivity index (χ4v) is 4.66. The topological polar surface area (TPSA) is 21.7 Å². The van der Waals surface area contributed by atoms with Crippen molar-refractivity contribution in [2.45, 2.75) is 59.9 Å². The minimum atomic E-state index is 0.288. The van der Waals surface area contributed by atoms with Crippen molar-refractivity contribution in [3.05, 3.63) is 70.4 Å². The van der Waals surface area contributed by atoms with Crippen molar-refractivity contribution in [1.82, 2.24) is 0 Å². The first kappa shape index (κ1) is 22.0. The van der Waals surface area contributed by atoms with Crippen LogP contribution >= 0.6 is 0 Å². The molecule has 0 saturated carbocycles. The summed E-state index contributed by atoms with van der Waals surface area (Å²) in [5.74, 6) is 1.87. The predicted octanol–water partition coefficient (Wildman–Crippen LogP) is 7.08. The number of anilines is 1. The molecule has 1 unspecified atom stereocenters. The lowest BCUT2D eigenvalue weighted by Crippen LogP contribution is -2.35. The summed E-state index contributed by atoms with van der Waals surface area (Å²) in [6.45, 7) is 11.0. The van der Waals surface area contributed by atoms with Crippen LogP contribution < -0.4 is 14.4 Å². The minimum absolute atomic E-state index is 0.288. The van der Waals surface area contributed by atoms with Crippen LogP contribution in [0.5, 0.6) is 11.5 Å². The van der Waals surface area contributed by atoms with E-state index >= 15 is 0 Å². The first-order valence-electron chi connectivity index (χ1n) is 11.0. The standard InChI is InChI=1S/C27H35NO2/c1-8-20-17-28(22-12-14-26(30-7)19(5)16-22)24(10-3)27(23(20)9-2)21-11-13-25(29-6)18(4)15-21/h11-17,24H,8-10H2,1-7H3. The van der Waals surface area contributed by atoms with Gasteiger partial charge in [0.15, 0.2) is 0 Å². The van der Waals surface area contributed by atoms with Gasteiger partial charge >= 0.3 is 0 Å². The van der Waals surface area contributed by atoms with E-state index in [0.717, 1.165) is 36.3 Å². The summed E-state index contributed by atoms with van der Waals surface area (Å²) in [6.07, 6.45) is 5.45. The summed E-state index contributed by atoms with van der Waals surface area (Å²) in [7, 11) is 3.47. The molecule has 30 heavy (non-hydrogen) atoms. The molecule has 0 saturated heterocycles. The molecule has 0 fully saturated rings. The molecule has 2 aromatic carbocycles. The van der Waals surface area contributed by atoms with Gasteiger partial charge in [0.05, 0.1) is 20.3 Å². The minimum Gasteiger partial charge on any atom is -0.496 e. The zero-order chi connectivity index (χ0) is 21.8. The van der Waals surface area contributed by atoms with Crippen molar-refractivity contribution in [3.8, 4) is 11.5 Å². The molecule has 1 aliphatic heterocycles. The van der Waals surface area contributed by atoms with E-state index in [2.05, 4.69) is 82.1 Å². The Hall–Kier alpha value is -2.68. The molecule has 1 heterocycles. The van der Waals surface area contributed by atoms with Gasteiger partial charge in [-0.15, -0.1) is 0 Å². The molecule has 0 N–H and O–H groups in total. The Kier molecular flexibility index (Phi) is 6.91. The largest absolute Gasteiger partial charge is 0.496 e. The Morgan fingerprint density at radius 1 is 0.833 bits per heavy atom. The van der Waals surface area contributed by atoms with Crippen LogP contribution in [0.1, 0.15) is 56.7 Å². The van der Waals surface area contributed by atoms with Gasteiger partial charge in [0.25, 0.3) is 0 Å². The zero-order valence-corrected chi connectivity index (χ0v) is 19.5. The van der Waals surface area contributed by atoms with Crippen LogP contribution in [0, 0.1) is 13.8 Å². The van der Waals surface area contributed by atoms with Gasteiger partial charge in [-0.1, -0.05) is 26.8 Å². The quantitative estimate of drug-likeness (QED) is 0.491. The second kappa shape index (κ2) is 9.42. The molecule has 0 amide bonds. The molecule has 160 valence electrons. The molecule has 1 aliphatic rings. The second-order valence-electron chi connectivity index (χ2n) is 7.92. The summed E-state index contributed by atoms with van der Waals surface area (Å²) < 4.78 is 11.0. The maximum absolute atomic E-state index is 5.51. The van der Waals surface area contributed by atoms with Gasteiger partial charge in [0, 0.05) is 11.9 Å². The number of benzene rings is 2. The molecule has 0 aromatic heterocycles. The van der Waals surface area contributed by atoms with E-state index in [4.69, 9.17) is 9.47 Å². The molecule has 1 atom stereocenters. The van der Waals surface area contributed by atoms with Crippen LogP contribution in [0.25, 0.3) is 5.57 Å². The van der Waals surface area contributed by atoms with Gasteiger partial charge in [-0.2, -0.15) is 0 Å². The van der Waals surface area contributed by atoms with Crippen LogP contribution in [0.15, 0.2) is 53.7 Å². The van der Waals surface area contributed by atoms with Crippen molar-refractivity contribution in [3.63, 3.8) is 0 Å². The number of aryl methyl sites for hydroxylation is 2. The summed E-state index contributed by atoms with van der Waals surface area (Å²) in [5, 5.41) is 0. The Morgan fingerprint density at radius 2 is 1.47 bits per heavy atom. The first-order valence-corrected chi connectivity index (χ1v) is 11.0. The molecule has 0 spiro atoms. The highest BCUT2D eigenvalue weighted by Gasteiger charge is 2.29. The monoisotopic (exact) mass is 405 g/mol. The summed E-state index contributed by atoms with van der Waals surface area (Å²) in [6, 6.07) is 13.4. The van der Waals surface area contributed by atoms with Crippen molar-refractivity contribution in [2.24, 2.45) is 0 Å². The van der Waals surface area contributed by atoms with Crippen LogP contribution in [0.3, 0.4) is 0 Å². The average molecular weight is 406 g/mol. The van der Waals surface area contributed by atoms with Crippen molar-refractivity contribution in [2.75, 3.05) is 19.1 Å². The van der Waals surface area contributed by atoms with E-state index in [1.165, 1.54) is 33.5 Å². The molecule has 0 bridgehead atoms. The van der Waals surface area contributed by atoms with Crippen LogP contribution in [-0.2, 0) is 0 Å². The normalized spacial score (nSPS) is 16.6. The second-order valence-corrected chi connectivity index (χ2v) is 7.92. The third-order valence-corrected chi connectivity index (χ3v) is 6.18. The average Bonchev–Trinajstić information content (AvgIpc) is 2.77. The fraction of sp³-hybridized carbons (Fsp3) is 0.407. The molecular formula is C27H35NO2. The predicted molar refractivity (Wildman–Crippen MR) is 128 cm³/mol. The van der Waals surface area contributed by atoms with Gasteiger partial charge in [-0.25, -0.2) is 0 Å². The molecule has 3 rings (SSSR count). The third kappa shape index (κ3) is 3.98. The zero-order valence-electron chi connectivity index (χ0n) is 19.5. The number of rotatable bonds is 7. The highest BCUT2D eigenvalue weighted by Crippen LogP contribution is 2.41. The third-order valence-electron chi connectivity index (χ3n) is 6.18. The maximum Gasteiger partial charge on any atom is 0.121 e. The van der Waals surface area contributed by atoms with Crippen LogP contribution in [0.2, 0.25) is 0 Å². The van der Waals surface area contributed by atoms with E-state index in [1.807, 2.05) is 0 Å². The SMILES string of the molecule is CCC1=CN(c2ccc(OC)c(C)c2)C(CC)C(c2ccc(OC)c(C)c2)=C1CC. The number of hydrogen-bond donors (Lipinski definition) is 0. The Bertz CT molecular complexity index is 971.